The number of para-hydroxylation sites is 1. The number of pyridine rings is 1. The van der Waals surface area contributed by atoms with Gasteiger partial charge in [-0.15, -0.1) is 10.2 Å². The highest BCUT2D eigenvalue weighted by molar-refractivity contribution is 5.74. The number of rotatable bonds is 4. The van der Waals surface area contributed by atoms with E-state index in [1.54, 1.807) is 29.2 Å². The van der Waals surface area contributed by atoms with Gasteiger partial charge in [0.05, 0.1) is 36.6 Å². The molecule has 0 unspecified atom stereocenters. The molecule has 11 heteroatoms. The predicted octanol–water partition coefficient (Wildman–Crippen LogP) is 3.11. The van der Waals surface area contributed by atoms with Gasteiger partial charge in [-0.3, -0.25) is 4.90 Å². The van der Waals surface area contributed by atoms with Crippen LogP contribution >= 0.6 is 0 Å². The van der Waals surface area contributed by atoms with Crippen molar-refractivity contribution in [3.63, 3.8) is 0 Å². The van der Waals surface area contributed by atoms with Crippen molar-refractivity contribution < 1.29 is 13.9 Å². The average Bonchev–Trinajstić information content (AvgIpc) is 3.09. The SMILES string of the molecule is C[C@H]1CCN(c2cc(-c3ccccc3O)nnc2N)CCN1c1ccc(C#N)c(C#CCN2CC(F)(F)C2)n1. The number of phenolic OH excluding ortho intramolecular Hbond substituents is 1. The molecule has 2 saturated heterocycles. The fourth-order valence-corrected chi connectivity index (χ4v) is 4.86. The predicted molar refractivity (Wildman–Crippen MR) is 144 cm³/mol. The van der Waals surface area contributed by atoms with E-state index >= 15 is 0 Å². The largest absolute Gasteiger partial charge is 0.507 e. The molecule has 2 fully saturated rings. The topological polar surface area (TPSA) is 118 Å². The number of alkyl halides is 2. The second-order valence-corrected chi connectivity index (χ2v) is 9.82. The Balaban J connectivity index is 1.34. The molecule has 2 aliphatic heterocycles. The molecule has 1 atom stereocenters. The van der Waals surface area contributed by atoms with Gasteiger partial charge in [0.2, 0.25) is 0 Å². The second-order valence-electron chi connectivity index (χ2n) is 9.82. The summed E-state index contributed by atoms with van der Waals surface area (Å²) in [7, 11) is 0. The van der Waals surface area contributed by atoms with Crippen molar-refractivity contribution in [1.82, 2.24) is 20.1 Å². The first-order chi connectivity index (χ1) is 18.7. The van der Waals surface area contributed by atoms with E-state index in [0.717, 1.165) is 18.7 Å². The number of halogens is 2. The summed E-state index contributed by atoms with van der Waals surface area (Å²) in [5, 5.41) is 28.1. The minimum absolute atomic E-state index is 0.117. The van der Waals surface area contributed by atoms with E-state index in [1.807, 2.05) is 18.2 Å². The van der Waals surface area contributed by atoms with E-state index in [2.05, 4.69) is 49.8 Å². The molecule has 0 bridgehead atoms. The lowest BCUT2D eigenvalue weighted by molar-refractivity contribution is -0.125. The molecule has 5 rings (SSSR count). The summed E-state index contributed by atoms with van der Waals surface area (Å²) in [5.41, 5.74) is 8.76. The highest BCUT2D eigenvalue weighted by Crippen LogP contribution is 2.32. The number of hydrogen-bond donors (Lipinski definition) is 2. The molecule has 39 heavy (non-hydrogen) atoms. The van der Waals surface area contributed by atoms with Crippen LogP contribution in [0.3, 0.4) is 0 Å². The lowest BCUT2D eigenvalue weighted by atomic mass is 10.1. The van der Waals surface area contributed by atoms with Crippen molar-refractivity contribution in [1.29, 1.82) is 5.26 Å². The van der Waals surface area contributed by atoms with Crippen molar-refractivity contribution in [2.24, 2.45) is 0 Å². The van der Waals surface area contributed by atoms with Crippen LogP contribution in [-0.2, 0) is 0 Å². The van der Waals surface area contributed by atoms with Crippen LogP contribution in [0.4, 0.5) is 26.1 Å². The molecule has 3 N–H and O–H groups in total. The number of nitriles is 1. The van der Waals surface area contributed by atoms with Crippen LogP contribution in [0.1, 0.15) is 24.6 Å². The van der Waals surface area contributed by atoms with Crippen LogP contribution in [0.2, 0.25) is 0 Å². The first-order valence-corrected chi connectivity index (χ1v) is 12.7. The zero-order chi connectivity index (χ0) is 27.6. The van der Waals surface area contributed by atoms with E-state index in [0.29, 0.717) is 47.2 Å². The maximum Gasteiger partial charge on any atom is 0.273 e. The van der Waals surface area contributed by atoms with Crippen molar-refractivity contribution in [2.45, 2.75) is 25.3 Å². The second kappa shape index (κ2) is 10.7. The Morgan fingerprint density at radius 1 is 1.13 bits per heavy atom. The molecular weight excluding hydrogens is 502 g/mol. The summed E-state index contributed by atoms with van der Waals surface area (Å²) in [5.74, 6) is 4.27. The minimum Gasteiger partial charge on any atom is -0.507 e. The third kappa shape index (κ3) is 5.69. The van der Waals surface area contributed by atoms with Crippen LogP contribution in [0.15, 0.2) is 42.5 Å². The van der Waals surface area contributed by atoms with Gasteiger partial charge in [-0.05, 0) is 49.6 Å². The van der Waals surface area contributed by atoms with Crippen molar-refractivity contribution in [3.8, 4) is 34.9 Å². The summed E-state index contributed by atoms with van der Waals surface area (Å²) >= 11 is 0. The number of anilines is 3. The summed E-state index contributed by atoms with van der Waals surface area (Å²) in [4.78, 5) is 10.5. The third-order valence-corrected chi connectivity index (χ3v) is 7.00. The number of aromatic hydroxyl groups is 1. The van der Waals surface area contributed by atoms with E-state index in [9.17, 15) is 19.1 Å². The van der Waals surface area contributed by atoms with Crippen LogP contribution in [-0.4, -0.2) is 76.4 Å². The Morgan fingerprint density at radius 3 is 2.67 bits per heavy atom. The zero-order valence-corrected chi connectivity index (χ0v) is 21.5. The highest BCUT2D eigenvalue weighted by Gasteiger charge is 2.43. The van der Waals surface area contributed by atoms with Crippen molar-refractivity contribution in [3.05, 3.63) is 53.7 Å². The van der Waals surface area contributed by atoms with E-state index in [4.69, 9.17) is 5.73 Å². The number of hydrogen-bond acceptors (Lipinski definition) is 9. The first kappa shape index (κ1) is 26.1. The first-order valence-electron chi connectivity index (χ1n) is 12.7. The Labute approximate surface area is 225 Å². The molecular formula is C28H28F2N8O. The number of phenols is 1. The molecule has 2 aliphatic rings. The van der Waals surface area contributed by atoms with E-state index in [1.165, 1.54) is 0 Å². The Kier molecular flexibility index (Phi) is 7.18. The Hall–Kier alpha value is -4.48. The molecule has 4 heterocycles. The van der Waals surface area contributed by atoms with Crippen LogP contribution in [0.25, 0.3) is 11.3 Å². The molecule has 9 nitrogen and oxygen atoms in total. The number of nitrogen functional groups attached to an aromatic ring is 1. The van der Waals surface area contributed by atoms with Crippen LogP contribution < -0.4 is 15.5 Å². The van der Waals surface area contributed by atoms with Gasteiger partial charge < -0.3 is 20.6 Å². The molecule has 2 aromatic heterocycles. The molecule has 0 aliphatic carbocycles. The maximum absolute atomic E-state index is 13.1. The van der Waals surface area contributed by atoms with Gasteiger partial charge in [0.25, 0.3) is 5.92 Å². The average molecular weight is 531 g/mol. The van der Waals surface area contributed by atoms with Gasteiger partial charge >= 0.3 is 0 Å². The smallest absolute Gasteiger partial charge is 0.273 e. The quantitative estimate of drug-likeness (QED) is 0.491. The lowest BCUT2D eigenvalue weighted by Crippen LogP contribution is -2.55. The van der Waals surface area contributed by atoms with Gasteiger partial charge in [-0.1, -0.05) is 18.1 Å². The van der Waals surface area contributed by atoms with E-state index in [-0.39, 0.29) is 31.4 Å². The zero-order valence-electron chi connectivity index (χ0n) is 21.5. The van der Waals surface area contributed by atoms with Gasteiger partial charge in [-0.2, -0.15) is 5.26 Å². The summed E-state index contributed by atoms with van der Waals surface area (Å²) < 4.78 is 26.2. The Morgan fingerprint density at radius 2 is 1.92 bits per heavy atom. The highest BCUT2D eigenvalue weighted by atomic mass is 19.3. The number of likely N-dealkylation sites (tertiary alicyclic amines) is 1. The molecule has 0 saturated carbocycles. The van der Waals surface area contributed by atoms with Crippen molar-refractivity contribution in [2.75, 3.05) is 54.8 Å². The summed E-state index contributed by atoms with van der Waals surface area (Å²) in [6, 6.07) is 14.6. The fourth-order valence-electron chi connectivity index (χ4n) is 4.86. The fraction of sp³-hybridized carbons (Fsp3) is 0.357. The van der Waals surface area contributed by atoms with Gasteiger partial charge in [0.1, 0.15) is 23.3 Å². The molecule has 200 valence electrons. The molecule has 3 aromatic rings. The van der Waals surface area contributed by atoms with Crippen LogP contribution in [0.5, 0.6) is 5.75 Å². The minimum atomic E-state index is -2.64. The normalized spacial score (nSPS) is 18.9. The molecule has 1 aromatic carbocycles. The summed E-state index contributed by atoms with van der Waals surface area (Å²) in [6.07, 6.45) is 0.805. The van der Waals surface area contributed by atoms with Crippen molar-refractivity contribution >= 4 is 17.3 Å². The van der Waals surface area contributed by atoms with Gasteiger partial charge in [0.15, 0.2) is 5.82 Å². The van der Waals surface area contributed by atoms with Gasteiger partial charge in [-0.25, -0.2) is 13.8 Å². The monoisotopic (exact) mass is 530 g/mol. The Bertz CT molecular complexity index is 1470. The summed E-state index contributed by atoms with van der Waals surface area (Å²) in [6.45, 7) is 3.69. The van der Waals surface area contributed by atoms with Gasteiger partial charge in [0, 0.05) is 31.2 Å². The molecule has 0 amide bonds. The number of nitrogens with zero attached hydrogens (tertiary/aromatic N) is 7. The van der Waals surface area contributed by atoms with Crippen LogP contribution in [0, 0.1) is 23.2 Å². The molecule has 0 spiro atoms. The lowest BCUT2D eigenvalue weighted by Gasteiger charge is -2.37. The number of aromatic nitrogens is 3. The molecule has 0 radical (unpaired) electrons. The van der Waals surface area contributed by atoms with E-state index < -0.39 is 5.92 Å². The standard InChI is InChI=1S/C28H28F2N8O/c1-19-10-12-37(24-15-23(34-35-27(24)32)21-5-2-3-7-25(21)39)13-14-38(19)26-9-8-20(16-31)22(33-26)6-4-11-36-17-28(29,30)18-36/h2-3,5,7-9,15,19,39H,10-14,17-18H2,1H3,(H2,32,35)/t19-/m0/s1. The number of nitrogens with two attached hydrogens (primary N) is 1. The third-order valence-electron chi connectivity index (χ3n) is 7.00. The maximum atomic E-state index is 13.1. The number of benzene rings is 1.